The van der Waals surface area contributed by atoms with Crippen LogP contribution in [0, 0.1) is 6.92 Å². The van der Waals surface area contributed by atoms with E-state index in [-0.39, 0.29) is 11.4 Å². The number of anilines is 2. The molecule has 3 aromatic rings. The van der Waals surface area contributed by atoms with Crippen LogP contribution in [0.2, 0.25) is 0 Å². The number of aromatic nitrogens is 2. The number of likely N-dealkylation sites (N-methyl/N-ethyl adjacent to an activating group) is 1. The van der Waals surface area contributed by atoms with Crippen LogP contribution in [-0.4, -0.2) is 42.9 Å². The van der Waals surface area contributed by atoms with E-state index in [1.54, 1.807) is 25.1 Å². The van der Waals surface area contributed by atoms with Crippen LogP contribution < -0.4 is 10.1 Å². The molecule has 0 radical (unpaired) electrons. The first-order valence-corrected chi connectivity index (χ1v) is 11.3. The van der Waals surface area contributed by atoms with Crippen LogP contribution in [0.1, 0.15) is 12.7 Å². The van der Waals surface area contributed by atoms with Gasteiger partial charge in [0.05, 0.1) is 23.4 Å². The minimum atomic E-state index is -3.68. The first kappa shape index (κ1) is 22.5. The van der Waals surface area contributed by atoms with E-state index in [2.05, 4.69) is 21.9 Å². The van der Waals surface area contributed by atoms with Gasteiger partial charge in [-0.15, -0.1) is 6.58 Å². The van der Waals surface area contributed by atoms with Crippen molar-refractivity contribution in [3.8, 4) is 17.0 Å². The predicted octanol–water partition coefficient (Wildman–Crippen LogP) is 4.40. The van der Waals surface area contributed by atoms with Crippen LogP contribution >= 0.6 is 0 Å². The lowest BCUT2D eigenvalue weighted by molar-refractivity contribution is 0.416. The van der Waals surface area contributed by atoms with Crippen LogP contribution in [0.5, 0.6) is 5.75 Å². The van der Waals surface area contributed by atoms with Crippen LogP contribution in [0.25, 0.3) is 11.3 Å². The van der Waals surface area contributed by atoms with Crippen LogP contribution in [-0.2, 0) is 10.0 Å². The lowest BCUT2D eigenvalue weighted by Crippen LogP contribution is -2.31. The Labute approximate surface area is 183 Å². The summed E-state index contributed by atoms with van der Waals surface area (Å²) in [7, 11) is -2.15. The molecule has 0 amide bonds. The van der Waals surface area contributed by atoms with E-state index in [0.717, 1.165) is 11.3 Å². The Morgan fingerprint density at radius 2 is 1.87 bits per heavy atom. The average Bonchev–Trinajstić information content (AvgIpc) is 2.77. The molecule has 162 valence electrons. The molecule has 31 heavy (non-hydrogen) atoms. The largest absolute Gasteiger partial charge is 0.495 e. The van der Waals surface area contributed by atoms with Gasteiger partial charge in [0.15, 0.2) is 0 Å². The molecule has 0 fully saturated rings. The maximum absolute atomic E-state index is 13.0. The summed E-state index contributed by atoms with van der Waals surface area (Å²) >= 11 is 0. The summed E-state index contributed by atoms with van der Waals surface area (Å²) in [4.78, 5) is 9.12. The molecule has 1 aromatic heterocycles. The van der Waals surface area contributed by atoms with Crippen molar-refractivity contribution in [2.75, 3.05) is 25.5 Å². The number of nitrogens with zero attached hydrogens (tertiary/aromatic N) is 3. The summed E-state index contributed by atoms with van der Waals surface area (Å²) in [6.07, 6.45) is 1.57. The van der Waals surface area contributed by atoms with Crippen LogP contribution in [0.4, 0.5) is 11.5 Å². The number of rotatable bonds is 9. The van der Waals surface area contributed by atoms with Gasteiger partial charge in [-0.3, -0.25) is 0 Å². The molecular weight excluding hydrogens is 412 g/mol. The molecule has 1 N–H and O–H groups in total. The molecule has 0 saturated heterocycles. The van der Waals surface area contributed by atoms with Gasteiger partial charge < -0.3 is 10.1 Å². The third kappa shape index (κ3) is 5.10. The van der Waals surface area contributed by atoms with Gasteiger partial charge in [0, 0.05) is 24.7 Å². The van der Waals surface area contributed by atoms with Gasteiger partial charge >= 0.3 is 0 Å². The van der Waals surface area contributed by atoms with Crippen molar-refractivity contribution in [3.63, 3.8) is 0 Å². The highest BCUT2D eigenvalue weighted by Gasteiger charge is 2.23. The third-order valence-corrected chi connectivity index (χ3v) is 6.60. The van der Waals surface area contributed by atoms with E-state index in [4.69, 9.17) is 4.74 Å². The van der Waals surface area contributed by atoms with Gasteiger partial charge in [0.1, 0.15) is 17.4 Å². The third-order valence-electron chi connectivity index (χ3n) is 4.66. The second kappa shape index (κ2) is 9.72. The van der Waals surface area contributed by atoms with Crippen molar-refractivity contribution in [1.82, 2.24) is 14.3 Å². The minimum Gasteiger partial charge on any atom is -0.495 e. The highest BCUT2D eigenvalue weighted by molar-refractivity contribution is 7.89. The Hall–Kier alpha value is -3.23. The Bertz CT molecular complexity index is 1160. The fraction of sp³-hybridized carbons (Fsp3) is 0.217. The minimum absolute atomic E-state index is 0.161. The molecule has 3 rings (SSSR count). The maximum atomic E-state index is 13.0. The summed E-state index contributed by atoms with van der Waals surface area (Å²) in [6.45, 7) is 7.82. The molecule has 0 unspecified atom stereocenters. The zero-order chi connectivity index (χ0) is 22.4. The standard InChI is InChI=1S/C23H26N4O3S/c1-5-14-27(6-2)31(28,29)19-12-13-22(30-4)21(15-19)26-23-16-20(24-17(3)25-23)18-10-8-7-9-11-18/h5,7-13,15-16H,1,6,14H2,2-4H3,(H,24,25,26). The van der Waals surface area contributed by atoms with E-state index in [9.17, 15) is 8.42 Å². The van der Waals surface area contributed by atoms with Crippen molar-refractivity contribution >= 4 is 21.5 Å². The molecule has 7 nitrogen and oxygen atoms in total. The molecule has 0 aliphatic rings. The number of aryl methyl sites for hydroxylation is 1. The van der Waals surface area contributed by atoms with Crippen molar-refractivity contribution in [3.05, 3.63) is 73.1 Å². The summed E-state index contributed by atoms with van der Waals surface area (Å²) in [6, 6.07) is 16.3. The Kier molecular flexibility index (Phi) is 7.04. The Balaban J connectivity index is 2.01. The molecule has 0 spiro atoms. The fourth-order valence-corrected chi connectivity index (χ4v) is 4.61. The first-order chi connectivity index (χ1) is 14.9. The van der Waals surface area contributed by atoms with Crippen molar-refractivity contribution in [2.24, 2.45) is 0 Å². The molecule has 0 saturated carbocycles. The number of methoxy groups -OCH3 is 1. The monoisotopic (exact) mass is 438 g/mol. The number of sulfonamides is 1. The van der Waals surface area contributed by atoms with Crippen molar-refractivity contribution < 1.29 is 13.2 Å². The van der Waals surface area contributed by atoms with E-state index >= 15 is 0 Å². The van der Waals surface area contributed by atoms with Gasteiger partial charge in [-0.25, -0.2) is 18.4 Å². The number of hydrogen-bond acceptors (Lipinski definition) is 6. The molecule has 8 heteroatoms. The zero-order valence-electron chi connectivity index (χ0n) is 17.9. The molecule has 1 heterocycles. The summed E-state index contributed by atoms with van der Waals surface area (Å²) < 4.78 is 32.9. The number of ether oxygens (including phenoxy) is 1. The lowest BCUT2D eigenvalue weighted by atomic mass is 10.1. The molecular formula is C23H26N4O3S. The Morgan fingerprint density at radius 1 is 1.13 bits per heavy atom. The maximum Gasteiger partial charge on any atom is 0.243 e. The average molecular weight is 439 g/mol. The molecule has 0 aliphatic carbocycles. The highest BCUT2D eigenvalue weighted by Crippen LogP contribution is 2.32. The van der Waals surface area contributed by atoms with Crippen molar-refractivity contribution in [1.29, 1.82) is 0 Å². The zero-order valence-corrected chi connectivity index (χ0v) is 18.7. The van der Waals surface area contributed by atoms with E-state index in [0.29, 0.717) is 29.6 Å². The quantitative estimate of drug-likeness (QED) is 0.499. The number of hydrogen-bond donors (Lipinski definition) is 1. The van der Waals surface area contributed by atoms with Gasteiger partial charge in [0.2, 0.25) is 10.0 Å². The normalized spacial score (nSPS) is 11.4. The smallest absolute Gasteiger partial charge is 0.243 e. The predicted molar refractivity (Wildman–Crippen MR) is 123 cm³/mol. The number of nitrogens with one attached hydrogen (secondary N) is 1. The number of benzene rings is 2. The summed E-state index contributed by atoms with van der Waals surface area (Å²) in [5.74, 6) is 1.63. The summed E-state index contributed by atoms with van der Waals surface area (Å²) in [5.41, 5.74) is 2.22. The van der Waals surface area contributed by atoms with E-state index in [1.165, 1.54) is 17.5 Å². The highest BCUT2D eigenvalue weighted by atomic mass is 32.2. The molecule has 0 atom stereocenters. The van der Waals surface area contributed by atoms with Crippen molar-refractivity contribution in [2.45, 2.75) is 18.7 Å². The molecule has 2 aromatic carbocycles. The second-order valence-electron chi connectivity index (χ2n) is 6.78. The van der Waals surface area contributed by atoms with E-state index < -0.39 is 10.0 Å². The SMILES string of the molecule is C=CCN(CC)S(=O)(=O)c1ccc(OC)c(Nc2cc(-c3ccccc3)nc(C)n2)c1. The van der Waals surface area contributed by atoms with Gasteiger partial charge in [-0.1, -0.05) is 43.3 Å². The van der Waals surface area contributed by atoms with Gasteiger partial charge in [-0.2, -0.15) is 4.31 Å². The van der Waals surface area contributed by atoms with Crippen LogP contribution in [0.3, 0.4) is 0 Å². The second-order valence-corrected chi connectivity index (χ2v) is 8.72. The lowest BCUT2D eigenvalue weighted by Gasteiger charge is -2.20. The van der Waals surface area contributed by atoms with Crippen LogP contribution in [0.15, 0.2) is 72.1 Å². The molecule has 0 aliphatic heterocycles. The van der Waals surface area contributed by atoms with E-state index in [1.807, 2.05) is 43.3 Å². The van der Waals surface area contributed by atoms with Gasteiger partial charge in [-0.05, 0) is 25.1 Å². The van der Waals surface area contributed by atoms with Gasteiger partial charge in [0.25, 0.3) is 0 Å². The fourth-order valence-electron chi connectivity index (χ4n) is 3.16. The first-order valence-electron chi connectivity index (χ1n) is 9.86. The summed E-state index contributed by atoms with van der Waals surface area (Å²) in [5, 5.41) is 3.20. The Morgan fingerprint density at radius 3 is 2.52 bits per heavy atom. The molecule has 0 bridgehead atoms. The topological polar surface area (TPSA) is 84.4 Å².